The van der Waals surface area contributed by atoms with Gasteiger partial charge in [0.05, 0.1) is 68.0 Å². The first-order valence-electron chi connectivity index (χ1n) is 36.3. The fourth-order valence-corrected chi connectivity index (χ4v) is 20.0. The van der Waals surface area contributed by atoms with E-state index in [-0.39, 0.29) is 36.1 Å². The van der Waals surface area contributed by atoms with Crippen molar-refractivity contribution in [3.05, 3.63) is 357 Å². The predicted octanol–water partition coefficient (Wildman–Crippen LogP) is 17.0. The number of carbonyl (C=O) groups is 2. The van der Waals surface area contributed by atoms with Gasteiger partial charge in [-0.3, -0.25) is 9.59 Å². The van der Waals surface area contributed by atoms with Gasteiger partial charge in [0.25, 0.3) is 0 Å². The number of carbonyl (C=O) groups excluding carboxylic acids is 2. The summed E-state index contributed by atoms with van der Waals surface area (Å²) in [6.07, 6.45) is -7.74. The summed E-state index contributed by atoms with van der Waals surface area (Å²) in [7, 11) is -7.72. The maximum Gasteiger partial charge on any atom is 0.364 e. The van der Waals surface area contributed by atoms with Gasteiger partial charge < -0.3 is 35.5 Å². The number of fused-ring (bicyclic) bond motifs is 2. The van der Waals surface area contributed by atoms with Crippen LogP contribution >= 0.6 is 0 Å². The molecule has 0 aliphatic heterocycles. The van der Waals surface area contributed by atoms with Gasteiger partial charge in [0.2, 0.25) is 0 Å². The van der Waals surface area contributed by atoms with Gasteiger partial charge in [-0.2, -0.15) is 17.6 Å². The minimum absolute atomic E-state index is 0. The molecule has 0 spiro atoms. The molecule has 4 unspecified atom stereocenters. The quantitative estimate of drug-likeness (QED) is 0.0235. The summed E-state index contributed by atoms with van der Waals surface area (Å²) < 4.78 is 263. The number of alkyl halides is 6. The fraction of sp³-hybridized carbons (Fsp3) is 0.227. The van der Waals surface area contributed by atoms with Crippen molar-refractivity contribution in [2.45, 2.75) is 108 Å². The van der Waals surface area contributed by atoms with Crippen LogP contribution in [0.2, 0.25) is 0 Å². The maximum absolute atomic E-state index is 13.6. The predicted molar refractivity (Wildman–Crippen MR) is 410 cm³/mol. The first-order valence-corrected chi connectivity index (χ1v) is 41.6. The van der Waals surface area contributed by atoms with E-state index >= 15 is 0 Å². The lowest BCUT2D eigenvalue weighted by Crippen LogP contribution is -3.00. The van der Waals surface area contributed by atoms with Crippen molar-refractivity contribution in [2.24, 2.45) is 11.8 Å². The molecule has 0 N–H and O–H groups in total. The molecule has 0 amide bonds. The zero-order valence-electron chi connectivity index (χ0n) is 62.7. The molecule has 11 aromatic carbocycles. The summed E-state index contributed by atoms with van der Waals surface area (Å²) in [5.41, 5.74) is 9.94. The first-order chi connectivity index (χ1) is 55.4. The van der Waals surface area contributed by atoms with Crippen molar-refractivity contribution in [1.82, 2.24) is 0 Å². The molecule has 0 heterocycles. The molecule has 0 saturated carbocycles. The van der Waals surface area contributed by atoms with Crippen LogP contribution in [0.15, 0.2) is 290 Å². The Hall–Kier alpha value is -9.85. The number of nitrogens with zero attached hydrogens (tertiary/aromatic N) is 1. The number of hydrogen-bond donors (Lipinski definition) is 0. The van der Waals surface area contributed by atoms with Crippen molar-refractivity contribution < 1.29 is 123 Å². The lowest BCUT2D eigenvalue weighted by molar-refractivity contribution is -0.884. The molecule has 118 heavy (non-hydrogen) atoms. The van der Waals surface area contributed by atoms with Crippen LogP contribution in [0, 0.1) is 58.4 Å². The van der Waals surface area contributed by atoms with Gasteiger partial charge in [0, 0.05) is 115 Å². The van der Waals surface area contributed by atoms with Gasteiger partial charge in [-0.1, -0.05) is 164 Å². The largest absolute Gasteiger partial charge is 1.00 e. The van der Waals surface area contributed by atoms with Crippen molar-refractivity contribution in [2.75, 3.05) is 34.4 Å². The summed E-state index contributed by atoms with van der Waals surface area (Å²) >= 11 is 0. The Kier molecular flexibility index (Phi) is 29.5. The number of quaternary nitrogens is 1. The molecule has 6 aliphatic rings. The highest BCUT2D eigenvalue weighted by Gasteiger charge is 2.51. The molecule has 0 saturated heterocycles. The Morgan fingerprint density at radius 1 is 0.381 bits per heavy atom. The number of ether oxygens (including phenoxy) is 2. The van der Waals surface area contributed by atoms with Crippen molar-refractivity contribution in [1.29, 1.82) is 0 Å². The highest BCUT2D eigenvalue weighted by atomic mass is 35.5. The second-order valence-corrected chi connectivity index (χ2v) is 35.7. The molecule has 11 nitrogen and oxygen atoms in total. The first kappa shape index (κ1) is 90.5. The van der Waals surface area contributed by atoms with E-state index in [9.17, 15) is 97.0 Å². The second kappa shape index (κ2) is 38.5. The van der Waals surface area contributed by atoms with E-state index in [0.29, 0.717) is 42.2 Å². The third-order valence-electron chi connectivity index (χ3n) is 19.6. The third kappa shape index (κ3) is 21.6. The van der Waals surface area contributed by atoms with E-state index in [1.165, 1.54) is 54.1 Å². The van der Waals surface area contributed by atoms with E-state index in [2.05, 4.69) is 51.5 Å². The minimum atomic E-state index is -6.15. The number of halogens is 15. The van der Waals surface area contributed by atoms with Gasteiger partial charge in [-0.15, -0.1) is 0 Å². The molecule has 17 rings (SSSR count). The summed E-state index contributed by atoms with van der Waals surface area (Å²) in [5, 5.41) is -10.1. The van der Waals surface area contributed by atoms with Gasteiger partial charge in [-0.25, -0.2) is 60.7 Å². The van der Waals surface area contributed by atoms with Crippen LogP contribution in [-0.4, -0.2) is 99.6 Å². The molecule has 620 valence electrons. The summed E-state index contributed by atoms with van der Waals surface area (Å²) in [6.45, 7) is -0.397. The average molecular weight is 1740 g/mol. The highest BCUT2D eigenvalue weighted by Crippen LogP contribution is 2.57. The third-order valence-corrected chi connectivity index (χ3v) is 25.7. The van der Waals surface area contributed by atoms with Gasteiger partial charge in [0.1, 0.15) is 53.1 Å². The Morgan fingerprint density at radius 2 is 0.610 bits per heavy atom. The Bertz CT molecular complexity index is 5000. The molecule has 0 fully saturated rings. The maximum atomic E-state index is 13.6. The van der Waals surface area contributed by atoms with Crippen LogP contribution in [-0.2, 0) is 67.6 Å². The number of esters is 2. The average Bonchev–Trinajstić information content (AvgIpc) is 0.723. The minimum Gasteiger partial charge on any atom is -1.00 e. The summed E-state index contributed by atoms with van der Waals surface area (Å²) in [5.74, 6) is -8.85. The van der Waals surface area contributed by atoms with Crippen molar-refractivity contribution >= 4 is 54.0 Å². The van der Waals surface area contributed by atoms with E-state index < -0.39 is 161 Å². The second-order valence-electron chi connectivity index (χ2n) is 28.7. The van der Waals surface area contributed by atoms with E-state index in [1.54, 1.807) is 60.7 Å². The van der Waals surface area contributed by atoms with Crippen LogP contribution in [0.1, 0.15) is 99.4 Å². The van der Waals surface area contributed by atoms with Crippen LogP contribution in [0.4, 0.5) is 61.5 Å². The lowest BCUT2D eigenvalue weighted by Gasteiger charge is -2.44. The molecule has 4 bridgehead atoms. The van der Waals surface area contributed by atoms with E-state index in [4.69, 9.17) is 9.47 Å². The van der Waals surface area contributed by atoms with E-state index in [1.807, 2.05) is 97.1 Å². The van der Waals surface area contributed by atoms with Crippen LogP contribution in [0.25, 0.3) is 0 Å². The molecule has 0 radical (unpaired) electrons. The fourth-order valence-electron chi connectivity index (χ4n) is 14.8. The smallest absolute Gasteiger partial charge is 0.364 e. The Balaban J connectivity index is 0.000000159. The summed E-state index contributed by atoms with van der Waals surface area (Å²) in [4.78, 5) is 28.1. The van der Waals surface area contributed by atoms with Crippen LogP contribution in [0.3, 0.4) is 0 Å². The topological polar surface area (TPSA) is 167 Å². The monoisotopic (exact) mass is 1730 g/mol. The normalized spacial score (nSPS) is 17.3. The van der Waals surface area contributed by atoms with Gasteiger partial charge in [0.15, 0.2) is 62.0 Å². The zero-order chi connectivity index (χ0) is 84.5. The molecular formula is C88H74ClF14NO10S4. The van der Waals surface area contributed by atoms with E-state index in [0.717, 1.165) is 79.8 Å². The number of hydrogen-bond acceptors (Lipinski definition) is 10. The molecular weight excluding hydrogens is 1660 g/mol. The SMILES string of the molecule is C[N+](C)(C)Cc1ccccc1.Fc1cc(F)cc([S+](c2ccccc2)c2cc(F)cc(F)c2)c1.Fc1cc(F)cc([S+](c2ccccc2)c2cc(F)cc(F)c2)c1.O=C(OCCC(F)C(F)(F)S(=O)(=O)[O-])C1CC2c3ccccc3C1c1ccccc12.O=C(OCCC(F)C(F)(F)S(=O)(=O)[O-])C1CC2c3ccccc3C1c1ccccc12.[Cl-]. The number of benzene rings is 11. The number of rotatable bonds is 20. The van der Waals surface area contributed by atoms with Gasteiger partial charge in [-0.05, 0) is 81.6 Å². The van der Waals surface area contributed by atoms with Crippen molar-refractivity contribution in [3.8, 4) is 0 Å². The lowest BCUT2D eigenvalue weighted by atomic mass is 9.59. The molecule has 30 heteroatoms. The van der Waals surface area contributed by atoms with Gasteiger partial charge >= 0.3 is 22.4 Å². The standard InChI is InChI=1S/2C21H19F3O5S.2C18H11F4S.C10H16N.ClH/c2*22-18(21(23,24)30(26,27)28)9-10-29-20(25)17-11-16-12-5-1-3-7-14(12)19(17)15-8-4-2-6-13(15)16;2*19-12-6-13(20)9-17(8-12)23(16-4-2-1-3-5-16)18-10-14(21)7-15(22)11-18;1-11(2,3)9-10-7-5-4-6-8-10;/h2*1-8,16-19H,9-11H2,(H,26,27,28);2*1-11H;4-8H,9H2,1-3H3;1H/q;;3*+1;/p-3. The highest BCUT2D eigenvalue weighted by molar-refractivity contribution is 7.97. The molecule has 6 aliphatic carbocycles. The van der Waals surface area contributed by atoms with Crippen LogP contribution in [0.5, 0.6) is 0 Å². The Morgan fingerprint density at radius 3 is 0.847 bits per heavy atom. The summed E-state index contributed by atoms with van der Waals surface area (Å²) in [6, 6.07) is 71.9. The molecule has 11 aromatic rings. The van der Waals surface area contributed by atoms with Crippen molar-refractivity contribution in [3.63, 3.8) is 0 Å². The van der Waals surface area contributed by atoms with Crippen LogP contribution < -0.4 is 12.4 Å². The Labute approximate surface area is 684 Å². The molecule has 4 atom stereocenters. The zero-order valence-corrected chi connectivity index (χ0v) is 66.7. The molecule has 0 aromatic heterocycles.